The molecule has 0 bridgehead atoms. The molecule has 0 radical (unpaired) electrons. The van der Waals surface area contributed by atoms with Crippen molar-refractivity contribution in [3.63, 3.8) is 0 Å². The molecule has 20 heavy (non-hydrogen) atoms. The van der Waals surface area contributed by atoms with Crippen LogP contribution in [0, 0.1) is 26.6 Å². The fourth-order valence-corrected chi connectivity index (χ4v) is 2.10. The Balaban J connectivity index is 2.74. The van der Waals surface area contributed by atoms with Gasteiger partial charge < -0.3 is 5.11 Å². The van der Waals surface area contributed by atoms with E-state index in [0.29, 0.717) is 11.3 Å². The number of carboxylic acids is 1. The summed E-state index contributed by atoms with van der Waals surface area (Å²) in [5.41, 5.74) is 1.44. The van der Waals surface area contributed by atoms with Gasteiger partial charge >= 0.3 is 5.97 Å². The molecule has 2 aromatic rings. The molecule has 104 valence electrons. The van der Waals surface area contributed by atoms with Crippen LogP contribution in [0.2, 0.25) is 5.02 Å². The zero-order valence-electron chi connectivity index (χ0n) is 11.2. The van der Waals surface area contributed by atoms with E-state index in [-0.39, 0.29) is 22.1 Å². The first-order valence-corrected chi connectivity index (χ1v) is 6.23. The molecule has 1 aromatic carbocycles. The molecule has 0 unspecified atom stereocenters. The standard InChI is InChI=1S/C14H12ClFN2O2/c1-6-4-7(2)11(16)9(5-6)13-17-8(3)10(15)12(18-13)14(19)20/h4-5H,1-3H3,(H,19,20). The second-order valence-corrected chi connectivity index (χ2v) is 4.92. The Kier molecular flexibility index (Phi) is 3.72. The van der Waals surface area contributed by atoms with Crippen molar-refractivity contribution in [3.05, 3.63) is 45.5 Å². The van der Waals surface area contributed by atoms with E-state index in [1.807, 2.05) is 6.92 Å². The van der Waals surface area contributed by atoms with Gasteiger partial charge in [-0.2, -0.15) is 0 Å². The van der Waals surface area contributed by atoms with E-state index in [1.54, 1.807) is 26.0 Å². The van der Waals surface area contributed by atoms with Crippen molar-refractivity contribution < 1.29 is 14.3 Å². The van der Waals surface area contributed by atoms with Gasteiger partial charge in [0.05, 0.1) is 16.3 Å². The smallest absolute Gasteiger partial charge is 0.356 e. The summed E-state index contributed by atoms with van der Waals surface area (Å²) < 4.78 is 14.2. The van der Waals surface area contributed by atoms with Crippen LogP contribution >= 0.6 is 11.6 Å². The highest BCUT2D eigenvalue weighted by Crippen LogP contribution is 2.27. The van der Waals surface area contributed by atoms with Gasteiger partial charge in [-0.15, -0.1) is 0 Å². The van der Waals surface area contributed by atoms with E-state index in [4.69, 9.17) is 16.7 Å². The highest BCUT2D eigenvalue weighted by Gasteiger charge is 2.19. The summed E-state index contributed by atoms with van der Waals surface area (Å²) in [5, 5.41) is 9.04. The molecule has 1 heterocycles. The number of aromatic nitrogens is 2. The summed E-state index contributed by atoms with van der Waals surface area (Å²) in [5.74, 6) is -1.71. The molecule has 0 aliphatic rings. The monoisotopic (exact) mass is 294 g/mol. The van der Waals surface area contributed by atoms with Crippen LogP contribution in [0.4, 0.5) is 4.39 Å². The van der Waals surface area contributed by atoms with Crippen molar-refractivity contribution >= 4 is 17.6 Å². The minimum absolute atomic E-state index is 0.0219. The third kappa shape index (κ3) is 2.49. The number of carboxylic acid groups (broad SMARTS) is 1. The van der Waals surface area contributed by atoms with Gasteiger partial charge in [0, 0.05) is 0 Å². The van der Waals surface area contributed by atoms with Crippen LogP contribution in [0.15, 0.2) is 12.1 Å². The van der Waals surface area contributed by atoms with Crippen LogP contribution in [0.25, 0.3) is 11.4 Å². The Labute approximate surface area is 120 Å². The van der Waals surface area contributed by atoms with E-state index in [2.05, 4.69) is 9.97 Å². The third-order valence-corrected chi connectivity index (χ3v) is 3.31. The Morgan fingerprint density at radius 2 is 1.90 bits per heavy atom. The van der Waals surface area contributed by atoms with Gasteiger partial charge in [0.1, 0.15) is 5.82 Å². The van der Waals surface area contributed by atoms with Crippen LogP contribution in [0.1, 0.15) is 27.3 Å². The molecule has 6 heteroatoms. The molecular formula is C14H12ClFN2O2. The van der Waals surface area contributed by atoms with E-state index < -0.39 is 11.8 Å². The number of rotatable bonds is 2. The van der Waals surface area contributed by atoms with Gasteiger partial charge in [-0.05, 0) is 38.0 Å². The summed E-state index contributed by atoms with van der Waals surface area (Å²) in [7, 11) is 0. The van der Waals surface area contributed by atoms with Crippen LogP contribution in [-0.2, 0) is 0 Å². The number of hydrogen-bond acceptors (Lipinski definition) is 3. The second kappa shape index (κ2) is 5.17. The molecule has 0 atom stereocenters. The molecule has 0 saturated heterocycles. The number of hydrogen-bond donors (Lipinski definition) is 1. The van der Waals surface area contributed by atoms with E-state index in [9.17, 15) is 9.18 Å². The molecule has 0 fully saturated rings. The number of aromatic carboxylic acids is 1. The average molecular weight is 295 g/mol. The molecule has 0 saturated carbocycles. The summed E-state index contributed by atoms with van der Waals surface area (Å²) in [6.45, 7) is 5.00. The lowest BCUT2D eigenvalue weighted by Crippen LogP contribution is -2.07. The fraction of sp³-hybridized carbons (Fsp3) is 0.214. The Hall–Kier alpha value is -2.01. The summed E-state index contributed by atoms with van der Waals surface area (Å²) in [4.78, 5) is 19.1. The Morgan fingerprint density at radius 3 is 2.50 bits per heavy atom. The van der Waals surface area contributed by atoms with E-state index in [1.165, 1.54) is 0 Å². The quantitative estimate of drug-likeness (QED) is 0.920. The lowest BCUT2D eigenvalue weighted by atomic mass is 10.1. The van der Waals surface area contributed by atoms with Crippen molar-refractivity contribution in [2.24, 2.45) is 0 Å². The zero-order chi connectivity index (χ0) is 15.0. The van der Waals surface area contributed by atoms with Gasteiger partial charge in [-0.25, -0.2) is 19.2 Å². The highest BCUT2D eigenvalue weighted by atomic mass is 35.5. The van der Waals surface area contributed by atoms with Crippen molar-refractivity contribution in [2.45, 2.75) is 20.8 Å². The fourth-order valence-electron chi connectivity index (χ4n) is 1.93. The normalized spacial score (nSPS) is 10.7. The van der Waals surface area contributed by atoms with Gasteiger partial charge in [0.2, 0.25) is 0 Å². The lowest BCUT2D eigenvalue weighted by molar-refractivity contribution is 0.0690. The molecule has 0 amide bonds. The topological polar surface area (TPSA) is 63.1 Å². The molecule has 0 spiro atoms. The van der Waals surface area contributed by atoms with Gasteiger partial charge in [-0.3, -0.25) is 0 Å². The van der Waals surface area contributed by atoms with Crippen LogP contribution in [0.3, 0.4) is 0 Å². The zero-order valence-corrected chi connectivity index (χ0v) is 11.9. The van der Waals surface area contributed by atoms with Gasteiger partial charge in [0.25, 0.3) is 0 Å². The van der Waals surface area contributed by atoms with E-state index in [0.717, 1.165) is 5.56 Å². The largest absolute Gasteiger partial charge is 0.476 e. The first-order chi connectivity index (χ1) is 9.31. The van der Waals surface area contributed by atoms with Crippen molar-refractivity contribution in [2.75, 3.05) is 0 Å². The highest BCUT2D eigenvalue weighted by molar-refractivity contribution is 6.33. The summed E-state index contributed by atoms with van der Waals surface area (Å²) in [6, 6.07) is 3.27. The van der Waals surface area contributed by atoms with Crippen molar-refractivity contribution in [1.82, 2.24) is 9.97 Å². The summed E-state index contributed by atoms with van der Waals surface area (Å²) in [6.07, 6.45) is 0. The Bertz CT molecular complexity index is 717. The molecule has 1 aromatic heterocycles. The van der Waals surface area contributed by atoms with E-state index >= 15 is 0 Å². The van der Waals surface area contributed by atoms with Crippen molar-refractivity contribution in [1.29, 1.82) is 0 Å². The lowest BCUT2D eigenvalue weighted by Gasteiger charge is -2.09. The summed E-state index contributed by atoms with van der Waals surface area (Å²) >= 11 is 5.85. The van der Waals surface area contributed by atoms with Crippen molar-refractivity contribution in [3.8, 4) is 11.4 Å². The number of benzene rings is 1. The van der Waals surface area contributed by atoms with Crippen LogP contribution in [-0.4, -0.2) is 21.0 Å². The number of nitrogens with zero attached hydrogens (tertiary/aromatic N) is 2. The minimum atomic E-state index is -1.27. The maximum absolute atomic E-state index is 14.2. The molecule has 2 rings (SSSR count). The first kappa shape index (κ1) is 14.4. The number of aryl methyl sites for hydroxylation is 3. The SMILES string of the molecule is Cc1cc(C)c(F)c(-c2nc(C)c(Cl)c(C(=O)O)n2)c1. The maximum Gasteiger partial charge on any atom is 0.356 e. The predicted octanol–water partition coefficient (Wildman–Crippen LogP) is 3.56. The number of carbonyl (C=O) groups is 1. The molecule has 1 N–H and O–H groups in total. The Morgan fingerprint density at radius 1 is 1.25 bits per heavy atom. The first-order valence-electron chi connectivity index (χ1n) is 5.85. The molecular weight excluding hydrogens is 283 g/mol. The third-order valence-electron chi connectivity index (χ3n) is 2.86. The molecule has 0 aliphatic heterocycles. The average Bonchev–Trinajstić information content (AvgIpc) is 2.36. The van der Waals surface area contributed by atoms with Gasteiger partial charge in [0.15, 0.2) is 11.5 Å². The van der Waals surface area contributed by atoms with Gasteiger partial charge in [-0.1, -0.05) is 17.7 Å². The molecule has 0 aliphatic carbocycles. The predicted molar refractivity (Wildman–Crippen MR) is 73.6 cm³/mol. The number of halogens is 2. The van der Waals surface area contributed by atoms with Crippen LogP contribution in [0.5, 0.6) is 0 Å². The maximum atomic E-state index is 14.2. The molecule has 4 nitrogen and oxygen atoms in total. The second-order valence-electron chi connectivity index (χ2n) is 4.54. The minimum Gasteiger partial charge on any atom is -0.476 e. The van der Waals surface area contributed by atoms with Crippen LogP contribution < -0.4 is 0 Å².